The largest absolute Gasteiger partial charge is 0.456 e. The first kappa shape index (κ1) is 36.7. The Morgan fingerprint density at radius 3 is 1.75 bits per heavy atom. The second kappa shape index (κ2) is 13.5. The molecule has 8 aromatic carbocycles. The van der Waals surface area contributed by atoms with Crippen molar-refractivity contribution in [2.24, 2.45) is 23.7 Å². The van der Waals surface area contributed by atoms with Gasteiger partial charge < -0.3 is 9.32 Å². The van der Waals surface area contributed by atoms with Crippen molar-refractivity contribution in [3.63, 3.8) is 0 Å². The molecule has 7 aliphatic rings. The van der Waals surface area contributed by atoms with E-state index in [0.717, 1.165) is 57.0 Å². The summed E-state index contributed by atoms with van der Waals surface area (Å²) in [5, 5.41) is 2.29. The van der Waals surface area contributed by atoms with Crippen LogP contribution in [0.4, 0.5) is 17.1 Å². The van der Waals surface area contributed by atoms with Gasteiger partial charge in [0.2, 0.25) is 0 Å². The van der Waals surface area contributed by atoms with Gasteiger partial charge in [0.05, 0.1) is 0 Å². The molecule has 2 nitrogen and oxygen atoms in total. The number of anilines is 3. The summed E-state index contributed by atoms with van der Waals surface area (Å²) in [6, 6.07) is 66.9. The van der Waals surface area contributed by atoms with Gasteiger partial charge in [-0.25, -0.2) is 0 Å². The molecular formula is C63H51NO. The van der Waals surface area contributed by atoms with Gasteiger partial charge in [-0.2, -0.15) is 0 Å². The van der Waals surface area contributed by atoms with Gasteiger partial charge in [-0.05, 0) is 196 Å². The lowest BCUT2D eigenvalue weighted by Gasteiger charge is -2.61. The van der Waals surface area contributed by atoms with Crippen molar-refractivity contribution in [1.29, 1.82) is 0 Å². The van der Waals surface area contributed by atoms with Crippen molar-refractivity contribution < 1.29 is 4.42 Å². The SMILES string of the molecule is c1ccc(-c2ccc(N(c3ccc4c(c3)C3(CCCC3)c3ccccc3-4)c3ccc4oc5cc(-c6ccc7c(c6)-c6ccccc6[C@]76[C@@H]7CC8C[C@@H](C7)C[C@H]6C8)ccc5c4c3)cc2)cc1. The maximum atomic E-state index is 6.77. The third kappa shape index (κ3) is 5.06. The molecule has 5 saturated carbocycles. The van der Waals surface area contributed by atoms with Crippen molar-refractivity contribution in [3.8, 4) is 44.5 Å². The van der Waals surface area contributed by atoms with Crippen LogP contribution >= 0.6 is 0 Å². The molecule has 4 bridgehead atoms. The minimum Gasteiger partial charge on any atom is -0.456 e. The van der Waals surface area contributed by atoms with Crippen molar-refractivity contribution in [3.05, 3.63) is 198 Å². The average Bonchev–Trinajstić information content (AvgIpc) is 4.13. The van der Waals surface area contributed by atoms with E-state index in [2.05, 4.69) is 181 Å². The summed E-state index contributed by atoms with van der Waals surface area (Å²) in [6.07, 6.45) is 12.1. The highest BCUT2D eigenvalue weighted by molar-refractivity contribution is 6.08. The Labute approximate surface area is 381 Å². The second-order valence-electron chi connectivity index (χ2n) is 20.8. The van der Waals surface area contributed by atoms with E-state index in [4.69, 9.17) is 4.42 Å². The van der Waals surface area contributed by atoms with E-state index < -0.39 is 0 Å². The maximum Gasteiger partial charge on any atom is 0.136 e. The highest BCUT2D eigenvalue weighted by Gasteiger charge is 2.61. The molecule has 2 heteroatoms. The Bertz CT molecular complexity index is 3370. The molecule has 0 radical (unpaired) electrons. The van der Waals surface area contributed by atoms with E-state index >= 15 is 0 Å². The maximum absolute atomic E-state index is 6.77. The van der Waals surface area contributed by atoms with E-state index in [-0.39, 0.29) is 10.8 Å². The van der Waals surface area contributed by atoms with Crippen molar-refractivity contribution in [2.75, 3.05) is 4.90 Å². The lowest BCUT2D eigenvalue weighted by molar-refractivity contribution is -0.0399. The van der Waals surface area contributed by atoms with Crippen LogP contribution in [0.25, 0.3) is 66.4 Å². The van der Waals surface area contributed by atoms with E-state index in [0.29, 0.717) is 0 Å². The molecule has 0 aliphatic heterocycles. The molecule has 314 valence electrons. The van der Waals surface area contributed by atoms with Gasteiger partial charge in [-0.15, -0.1) is 0 Å². The molecule has 1 aromatic heterocycles. The molecule has 2 spiro atoms. The van der Waals surface area contributed by atoms with E-state index in [1.165, 1.54) is 119 Å². The first-order chi connectivity index (χ1) is 32.1. The van der Waals surface area contributed by atoms with Crippen molar-refractivity contribution in [1.82, 2.24) is 0 Å². The normalized spacial score (nSPS) is 23.6. The smallest absolute Gasteiger partial charge is 0.136 e. The molecule has 5 fully saturated rings. The number of nitrogens with zero attached hydrogens (tertiary/aromatic N) is 1. The number of rotatable bonds is 5. The topological polar surface area (TPSA) is 16.4 Å². The standard InChI is InChI=1S/C63H51NO/c1-2-10-41(11-3-1)42-16-20-47(21-17-42)64(49-22-25-52-50-12-4-6-14-56(50)62(59(52)38-49)28-8-9-29-62)48-23-27-60-55(37-48)53-24-18-44(36-61(53)65-60)43-19-26-58-54(35-43)51-13-5-7-15-57(51)63(58)45-31-39-30-40(33-45)34-46(63)32-39/h1-7,10-27,35-40,45-46H,8-9,28-34H2/t39-,40?,45-,46-,63+/m0/s1. The molecule has 9 aromatic rings. The number of fused-ring (bicyclic) bond motifs is 11. The molecule has 7 aliphatic carbocycles. The van der Waals surface area contributed by atoms with E-state index in [9.17, 15) is 0 Å². The first-order valence-electron chi connectivity index (χ1n) is 24.5. The van der Waals surface area contributed by atoms with Crippen LogP contribution in [0.5, 0.6) is 0 Å². The van der Waals surface area contributed by atoms with Crippen LogP contribution in [0, 0.1) is 23.7 Å². The van der Waals surface area contributed by atoms with Crippen LogP contribution in [0.1, 0.15) is 80.0 Å². The minimum absolute atomic E-state index is 0.0893. The Kier molecular flexibility index (Phi) is 7.59. The monoisotopic (exact) mass is 837 g/mol. The number of furan rings is 1. The molecule has 16 rings (SSSR count). The zero-order chi connectivity index (χ0) is 42.4. The summed E-state index contributed by atoms with van der Waals surface area (Å²) < 4.78 is 6.77. The molecule has 65 heavy (non-hydrogen) atoms. The third-order valence-electron chi connectivity index (χ3n) is 17.8. The Balaban J connectivity index is 0.835. The Morgan fingerprint density at radius 2 is 0.969 bits per heavy atom. The fraction of sp³-hybridized carbons (Fsp3) is 0.238. The first-order valence-corrected chi connectivity index (χ1v) is 24.5. The Morgan fingerprint density at radius 1 is 0.385 bits per heavy atom. The fourth-order valence-corrected chi connectivity index (χ4v) is 15.4. The van der Waals surface area contributed by atoms with Gasteiger partial charge >= 0.3 is 0 Å². The fourth-order valence-electron chi connectivity index (χ4n) is 15.4. The van der Waals surface area contributed by atoms with Gasteiger partial charge in [-0.3, -0.25) is 0 Å². The van der Waals surface area contributed by atoms with Crippen molar-refractivity contribution >= 4 is 39.0 Å². The van der Waals surface area contributed by atoms with Crippen LogP contribution in [0.15, 0.2) is 180 Å². The van der Waals surface area contributed by atoms with Crippen LogP contribution < -0.4 is 4.90 Å². The van der Waals surface area contributed by atoms with Gasteiger partial charge in [0.15, 0.2) is 0 Å². The number of hydrogen-bond acceptors (Lipinski definition) is 2. The highest BCUT2D eigenvalue weighted by Crippen LogP contribution is 2.69. The van der Waals surface area contributed by atoms with Gasteiger partial charge in [0.1, 0.15) is 11.2 Å². The van der Waals surface area contributed by atoms with Crippen molar-refractivity contribution in [2.45, 2.75) is 68.6 Å². The zero-order valence-corrected chi connectivity index (χ0v) is 36.8. The lowest BCUT2D eigenvalue weighted by atomic mass is 9.43. The molecule has 0 amide bonds. The van der Waals surface area contributed by atoms with Crippen LogP contribution in [-0.4, -0.2) is 0 Å². The molecule has 0 unspecified atom stereocenters. The molecule has 0 saturated heterocycles. The molecule has 0 N–H and O–H groups in total. The Hall–Kier alpha value is -6.64. The van der Waals surface area contributed by atoms with Gasteiger partial charge in [0.25, 0.3) is 0 Å². The lowest BCUT2D eigenvalue weighted by Crippen LogP contribution is -2.55. The predicted octanol–water partition coefficient (Wildman–Crippen LogP) is 17.0. The quantitative estimate of drug-likeness (QED) is 0.172. The van der Waals surface area contributed by atoms with Gasteiger partial charge in [-0.1, -0.05) is 128 Å². The van der Waals surface area contributed by atoms with Gasteiger partial charge in [0, 0.05) is 38.7 Å². The summed E-state index contributed by atoms with van der Waals surface area (Å²) in [6.45, 7) is 0. The second-order valence-corrected chi connectivity index (χ2v) is 20.8. The summed E-state index contributed by atoms with van der Waals surface area (Å²) in [5.74, 6) is 3.44. The highest BCUT2D eigenvalue weighted by atomic mass is 16.3. The third-order valence-corrected chi connectivity index (χ3v) is 17.8. The zero-order valence-electron chi connectivity index (χ0n) is 36.8. The van der Waals surface area contributed by atoms with Crippen LogP contribution in [0.3, 0.4) is 0 Å². The summed E-state index contributed by atoms with van der Waals surface area (Å²) in [7, 11) is 0. The molecular weight excluding hydrogens is 787 g/mol. The predicted molar refractivity (Wildman–Crippen MR) is 267 cm³/mol. The van der Waals surface area contributed by atoms with Crippen LogP contribution in [0.2, 0.25) is 0 Å². The summed E-state index contributed by atoms with van der Waals surface area (Å²) in [4.78, 5) is 2.46. The van der Waals surface area contributed by atoms with E-state index in [1.54, 1.807) is 11.1 Å². The number of benzene rings is 8. The summed E-state index contributed by atoms with van der Waals surface area (Å²) in [5.41, 5.74) is 22.5. The average molecular weight is 838 g/mol. The van der Waals surface area contributed by atoms with Crippen LogP contribution in [-0.2, 0) is 10.8 Å². The van der Waals surface area contributed by atoms with E-state index in [1.807, 2.05) is 0 Å². The number of hydrogen-bond donors (Lipinski definition) is 0. The molecule has 0 atom stereocenters. The molecule has 1 heterocycles. The summed E-state index contributed by atoms with van der Waals surface area (Å²) >= 11 is 0. The minimum atomic E-state index is 0.0893.